The summed E-state index contributed by atoms with van der Waals surface area (Å²) in [6, 6.07) is 0.319. The van der Waals surface area contributed by atoms with Crippen LogP contribution in [0.2, 0.25) is 0 Å². The largest absolute Gasteiger partial charge is 0.358 e. The Balaban J connectivity index is 0.00000625. The van der Waals surface area contributed by atoms with E-state index in [1.54, 1.807) is 14.1 Å². The van der Waals surface area contributed by atoms with E-state index in [4.69, 9.17) is 0 Å². The summed E-state index contributed by atoms with van der Waals surface area (Å²) < 4.78 is 0. The van der Waals surface area contributed by atoms with Gasteiger partial charge < -0.3 is 21.3 Å². The van der Waals surface area contributed by atoms with Crippen molar-refractivity contribution in [2.45, 2.75) is 39.7 Å². The van der Waals surface area contributed by atoms with Crippen molar-refractivity contribution in [3.05, 3.63) is 0 Å². The van der Waals surface area contributed by atoms with E-state index < -0.39 is 5.41 Å². The number of nitrogens with one attached hydrogen (secondary N) is 4. The SMILES string of the molecule is CCNC(=O)C(C)(C)CNC(=NC)NC1CCN(CC(=O)NC)CC1.I. The summed E-state index contributed by atoms with van der Waals surface area (Å²) in [4.78, 5) is 29.9. The molecule has 8 nitrogen and oxygen atoms in total. The second-order valence-corrected chi connectivity index (χ2v) is 7.04. The molecule has 2 amide bonds. The number of likely N-dealkylation sites (N-methyl/N-ethyl adjacent to an activating group) is 1. The van der Waals surface area contributed by atoms with Crippen molar-refractivity contribution in [3.8, 4) is 0 Å². The molecule has 0 aliphatic carbocycles. The Bertz CT molecular complexity index is 476. The van der Waals surface area contributed by atoms with Crippen molar-refractivity contribution < 1.29 is 9.59 Å². The molecular weight excluding hydrogens is 447 g/mol. The van der Waals surface area contributed by atoms with Crippen molar-refractivity contribution in [2.75, 3.05) is 46.8 Å². The number of aliphatic imine (C=N–C) groups is 1. The molecule has 0 aromatic heterocycles. The molecule has 1 aliphatic heterocycles. The van der Waals surface area contributed by atoms with Gasteiger partial charge in [-0.3, -0.25) is 19.5 Å². The van der Waals surface area contributed by atoms with Gasteiger partial charge in [0.25, 0.3) is 0 Å². The normalized spacial score (nSPS) is 16.4. The van der Waals surface area contributed by atoms with E-state index in [9.17, 15) is 9.59 Å². The van der Waals surface area contributed by atoms with Crippen molar-refractivity contribution >= 4 is 41.8 Å². The first-order valence-electron chi connectivity index (χ1n) is 9.00. The van der Waals surface area contributed by atoms with E-state index in [2.05, 4.69) is 31.2 Å². The van der Waals surface area contributed by atoms with E-state index in [-0.39, 0.29) is 35.8 Å². The molecule has 0 spiro atoms. The lowest BCUT2D eigenvalue weighted by atomic mass is 9.92. The number of hydrogen-bond acceptors (Lipinski definition) is 4. The number of carbonyl (C=O) groups excluding carboxylic acids is 2. The van der Waals surface area contributed by atoms with Gasteiger partial charge in [0, 0.05) is 46.3 Å². The zero-order valence-corrected chi connectivity index (χ0v) is 19.0. The van der Waals surface area contributed by atoms with Crippen molar-refractivity contribution in [1.29, 1.82) is 0 Å². The van der Waals surface area contributed by atoms with Crippen LogP contribution in [0.1, 0.15) is 33.6 Å². The predicted molar refractivity (Wildman–Crippen MR) is 116 cm³/mol. The van der Waals surface area contributed by atoms with Crippen molar-refractivity contribution in [1.82, 2.24) is 26.2 Å². The molecule has 1 saturated heterocycles. The smallest absolute Gasteiger partial charge is 0.233 e. The minimum Gasteiger partial charge on any atom is -0.358 e. The Hall–Kier alpha value is -1.10. The Morgan fingerprint density at radius 1 is 1.19 bits per heavy atom. The number of amides is 2. The average molecular weight is 482 g/mol. The molecule has 0 saturated carbocycles. The highest BCUT2D eigenvalue weighted by Crippen LogP contribution is 2.14. The summed E-state index contributed by atoms with van der Waals surface area (Å²) in [5, 5.41) is 12.2. The van der Waals surface area contributed by atoms with E-state index >= 15 is 0 Å². The second-order valence-electron chi connectivity index (χ2n) is 7.04. The van der Waals surface area contributed by atoms with Crippen LogP contribution in [0.3, 0.4) is 0 Å². The summed E-state index contributed by atoms with van der Waals surface area (Å²) >= 11 is 0. The molecule has 0 aromatic carbocycles. The Kier molecular flexibility index (Phi) is 11.8. The first kappa shape index (κ1) is 24.9. The molecule has 0 aromatic rings. The zero-order valence-electron chi connectivity index (χ0n) is 16.6. The number of piperidine rings is 1. The van der Waals surface area contributed by atoms with Crippen LogP contribution in [0, 0.1) is 5.41 Å². The van der Waals surface area contributed by atoms with Gasteiger partial charge in [-0.2, -0.15) is 0 Å². The molecule has 1 rings (SSSR count). The fourth-order valence-electron chi connectivity index (χ4n) is 2.69. The number of halogens is 1. The third kappa shape index (κ3) is 8.52. The van der Waals surface area contributed by atoms with Crippen LogP contribution in [0.4, 0.5) is 0 Å². The average Bonchev–Trinajstić information content (AvgIpc) is 2.60. The standard InChI is InChI=1S/C17H34N6O2.HI/c1-6-20-15(25)17(2,3)12-21-16(19-5)22-13-7-9-23(10-8-13)11-14(24)18-4;/h13H,6-12H2,1-5H3,(H,18,24)(H,20,25)(H2,19,21,22);1H. The minimum atomic E-state index is -0.509. The number of nitrogens with zero attached hydrogens (tertiary/aromatic N) is 2. The molecule has 0 bridgehead atoms. The minimum absolute atomic E-state index is 0. The summed E-state index contributed by atoms with van der Waals surface area (Å²) in [6.45, 7) is 9.09. The molecule has 0 atom stereocenters. The third-order valence-corrected chi connectivity index (χ3v) is 4.45. The van der Waals surface area contributed by atoms with Gasteiger partial charge in [0.15, 0.2) is 5.96 Å². The summed E-state index contributed by atoms with van der Waals surface area (Å²) in [5.41, 5.74) is -0.509. The number of guanidine groups is 1. The quantitative estimate of drug-likeness (QED) is 0.235. The van der Waals surface area contributed by atoms with Gasteiger partial charge in [-0.25, -0.2) is 0 Å². The van der Waals surface area contributed by atoms with Crippen LogP contribution in [0.25, 0.3) is 0 Å². The van der Waals surface area contributed by atoms with Gasteiger partial charge >= 0.3 is 0 Å². The van der Waals surface area contributed by atoms with Crippen LogP contribution >= 0.6 is 24.0 Å². The van der Waals surface area contributed by atoms with Gasteiger partial charge in [0.2, 0.25) is 11.8 Å². The predicted octanol–water partition coefficient (Wildman–Crippen LogP) is 0.142. The molecule has 9 heteroatoms. The van der Waals surface area contributed by atoms with Crippen LogP contribution in [-0.2, 0) is 9.59 Å². The van der Waals surface area contributed by atoms with Crippen molar-refractivity contribution in [3.63, 3.8) is 0 Å². The number of hydrogen-bond donors (Lipinski definition) is 4. The van der Waals surface area contributed by atoms with Crippen LogP contribution in [-0.4, -0.2) is 75.5 Å². The highest BCUT2D eigenvalue weighted by molar-refractivity contribution is 14.0. The van der Waals surface area contributed by atoms with E-state index in [0.29, 0.717) is 31.6 Å². The number of likely N-dealkylation sites (tertiary alicyclic amines) is 1. The molecular formula is C17H35IN6O2. The van der Waals surface area contributed by atoms with Crippen molar-refractivity contribution in [2.24, 2.45) is 10.4 Å². The maximum Gasteiger partial charge on any atom is 0.233 e. The lowest BCUT2D eigenvalue weighted by Gasteiger charge is -2.33. The lowest BCUT2D eigenvalue weighted by molar-refractivity contribution is -0.129. The van der Waals surface area contributed by atoms with Gasteiger partial charge in [0.05, 0.1) is 12.0 Å². The van der Waals surface area contributed by atoms with E-state index in [0.717, 1.165) is 25.9 Å². The van der Waals surface area contributed by atoms with Gasteiger partial charge in [-0.05, 0) is 33.6 Å². The van der Waals surface area contributed by atoms with Crippen LogP contribution < -0.4 is 21.3 Å². The fourth-order valence-corrected chi connectivity index (χ4v) is 2.69. The third-order valence-electron chi connectivity index (χ3n) is 4.45. The Morgan fingerprint density at radius 3 is 2.31 bits per heavy atom. The number of carbonyl (C=O) groups is 2. The van der Waals surface area contributed by atoms with E-state index in [1.165, 1.54) is 0 Å². The summed E-state index contributed by atoms with van der Waals surface area (Å²) in [7, 11) is 3.39. The second kappa shape index (κ2) is 12.3. The van der Waals surface area contributed by atoms with E-state index in [1.807, 2.05) is 20.8 Å². The van der Waals surface area contributed by atoms with Gasteiger partial charge in [0.1, 0.15) is 0 Å². The molecule has 0 unspecified atom stereocenters. The summed E-state index contributed by atoms with van der Waals surface area (Å²) in [6.07, 6.45) is 1.91. The molecule has 1 fully saturated rings. The highest BCUT2D eigenvalue weighted by atomic mass is 127. The first-order chi connectivity index (χ1) is 11.8. The maximum absolute atomic E-state index is 12.1. The maximum atomic E-state index is 12.1. The van der Waals surface area contributed by atoms with Crippen LogP contribution in [0.5, 0.6) is 0 Å². The Morgan fingerprint density at radius 2 is 1.81 bits per heavy atom. The highest BCUT2D eigenvalue weighted by Gasteiger charge is 2.28. The van der Waals surface area contributed by atoms with Crippen LogP contribution in [0.15, 0.2) is 4.99 Å². The molecule has 26 heavy (non-hydrogen) atoms. The zero-order chi connectivity index (χ0) is 18.9. The lowest BCUT2D eigenvalue weighted by Crippen LogP contribution is -2.52. The summed E-state index contributed by atoms with van der Waals surface area (Å²) in [5.74, 6) is 0.791. The molecule has 1 aliphatic rings. The molecule has 152 valence electrons. The Labute approximate surface area is 174 Å². The molecule has 0 radical (unpaired) electrons. The van der Waals surface area contributed by atoms with Gasteiger partial charge in [-0.1, -0.05) is 0 Å². The van der Waals surface area contributed by atoms with Gasteiger partial charge in [-0.15, -0.1) is 24.0 Å². The topological polar surface area (TPSA) is 97.9 Å². The monoisotopic (exact) mass is 482 g/mol. The molecule has 1 heterocycles. The number of rotatable bonds is 7. The first-order valence-corrected chi connectivity index (χ1v) is 9.00. The molecule has 4 N–H and O–H groups in total. The fraction of sp³-hybridized carbons (Fsp3) is 0.824.